The van der Waals surface area contributed by atoms with Gasteiger partial charge < -0.3 is 15.6 Å². The van der Waals surface area contributed by atoms with Gasteiger partial charge in [0, 0.05) is 23.9 Å². The summed E-state index contributed by atoms with van der Waals surface area (Å²) < 4.78 is 0. The van der Waals surface area contributed by atoms with Crippen molar-refractivity contribution >= 4 is 33.6 Å². The molecular weight excluding hydrogens is 386 g/mol. The van der Waals surface area contributed by atoms with Crippen LogP contribution in [0.15, 0.2) is 42.6 Å². The smallest absolute Gasteiger partial charge is 0.205 e. The highest BCUT2D eigenvalue weighted by Gasteiger charge is 2.32. The van der Waals surface area contributed by atoms with Gasteiger partial charge in [-0.25, -0.2) is 4.98 Å². The number of imidazole rings is 1. The summed E-state index contributed by atoms with van der Waals surface area (Å²) in [6.07, 6.45) is 7.13. The SMILES string of the molecule is c1cc(Nc2nc3ccc(C4CNCCC4N4CCCCC4)cc3[nH]2)c2[nH]ncc2c1. The number of nitrogens with one attached hydrogen (secondary N) is 4. The molecule has 0 radical (unpaired) electrons. The largest absolute Gasteiger partial charge is 0.324 e. The number of H-pyrrole nitrogens is 2. The molecule has 2 aromatic heterocycles. The number of para-hydroxylation sites is 1. The molecule has 0 amide bonds. The molecular formula is C24H29N7. The molecule has 4 heterocycles. The summed E-state index contributed by atoms with van der Waals surface area (Å²) >= 11 is 0. The van der Waals surface area contributed by atoms with Crippen molar-refractivity contribution in [3.8, 4) is 0 Å². The Morgan fingerprint density at radius 3 is 2.94 bits per heavy atom. The lowest BCUT2D eigenvalue weighted by Crippen LogP contribution is -2.50. The van der Waals surface area contributed by atoms with Gasteiger partial charge in [0.1, 0.15) is 0 Å². The van der Waals surface area contributed by atoms with Crippen LogP contribution in [0.4, 0.5) is 11.6 Å². The van der Waals surface area contributed by atoms with Crippen LogP contribution in [0.3, 0.4) is 0 Å². The number of hydrogen-bond acceptors (Lipinski definition) is 5. The summed E-state index contributed by atoms with van der Waals surface area (Å²) in [7, 11) is 0. The first-order valence-corrected chi connectivity index (χ1v) is 11.5. The monoisotopic (exact) mass is 415 g/mol. The highest BCUT2D eigenvalue weighted by molar-refractivity contribution is 5.91. The van der Waals surface area contributed by atoms with Crippen LogP contribution < -0.4 is 10.6 Å². The minimum absolute atomic E-state index is 0.523. The molecule has 2 unspecified atom stereocenters. The fourth-order valence-corrected chi connectivity index (χ4v) is 5.39. The van der Waals surface area contributed by atoms with Crippen molar-refractivity contribution in [3.05, 3.63) is 48.2 Å². The molecule has 2 aromatic carbocycles. The Morgan fingerprint density at radius 1 is 1.06 bits per heavy atom. The first-order valence-electron chi connectivity index (χ1n) is 11.5. The molecule has 4 aromatic rings. The van der Waals surface area contributed by atoms with Gasteiger partial charge in [-0.1, -0.05) is 24.6 Å². The molecule has 2 fully saturated rings. The van der Waals surface area contributed by atoms with Crippen molar-refractivity contribution in [2.24, 2.45) is 0 Å². The van der Waals surface area contributed by atoms with E-state index in [1.54, 1.807) is 0 Å². The standard InChI is InChI=1S/C24H29N7/c1-2-11-31(12-3-1)22-9-10-25-15-18(22)16-7-8-19-21(13-16)29-24(27-19)28-20-6-4-5-17-14-26-30-23(17)20/h4-8,13-14,18,22,25H,1-3,9-12,15H2,(H,26,30)(H2,27,28,29). The Bertz CT molecular complexity index is 1190. The predicted octanol–water partition coefficient (Wildman–Crippen LogP) is 4.11. The second kappa shape index (κ2) is 7.98. The Kier molecular flexibility index (Phi) is 4.85. The van der Waals surface area contributed by atoms with Crippen LogP contribution >= 0.6 is 0 Å². The molecule has 7 nitrogen and oxygen atoms in total. The van der Waals surface area contributed by atoms with Gasteiger partial charge in [0.05, 0.1) is 28.4 Å². The van der Waals surface area contributed by atoms with E-state index in [9.17, 15) is 0 Å². The zero-order valence-corrected chi connectivity index (χ0v) is 17.7. The average Bonchev–Trinajstić information content (AvgIpc) is 3.46. The number of fused-ring (bicyclic) bond motifs is 2. The molecule has 0 saturated carbocycles. The normalized spacial score (nSPS) is 22.8. The van der Waals surface area contributed by atoms with Gasteiger partial charge in [-0.15, -0.1) is 0 Å². The first-order chi connectivity index (χ1) is 15.3. The number of rotatable bonds is 4. The minimum atomic E-state index is 0.523. The lowest BCUT2D eigenvalue weighted by atomic mass is 9.85. The summed E-state index contributed by atoms with van der Waals surface area (Å²) in [6.45, 7) is 4.67. The molecule has 2 aliphatic rings. The third-order valence-electron chi connectivity index (χ3n) is 6.97. The van der Waals surface area contributed by atoms with E-state index in [2.05, 4.69) is 48.9 Å². The number of likely N-dealkylation sites (tertiary alicyclic amines) is 1. The van der Waals surface area contributed by atoms with Crippen LogP contribution in [-0.4, -0.2) is 57.3 Å². The van der Waals surface area contributed by atoms with Gasteiger partial charge in [-0.3, -0.25) is 10.00 Å². The van der Waals surface area contributed by atoms with Crippen molar-refractivity contribution in [1.29, 1.82) is 0 Å². The van der Waals surface area contributed by atoms with Crippen LogP contribution in [0.1, 0.15) is 37.2 Å². The molecule has 2 atom stereocenters. The first kappa shape index (κ1) is 18.8. The quantitative estimate of drug-likeness (QED) is 0.403. The molecule has 6 rings (SSSR count). The summed E-state index contributed by atoms with van der Waals surface area (Å²) in [4.78, 5) is 11.0. The molecule has 7 heteroatoms. The zero-order valence-electron chi connectivity index (χ0n) is 17.7. The van der Waals surface area contributed by atoms with E-state index in [0.717, 1.165) is 46.7 Å². The summed E-state index contributed by atoms with van der Waals surface area (Å²) in [5.74, 6) is 1.28. The van der Waals surface area contributed by atoms with Crippen LogP contribution in [0, 0.1) is 0 Å². The molecule has 0 aliphatic carbocycles. The van der Waals surface area contributed by atoms with E-state index < -0.39 is 0 Å². The van der Waals surface area contributed by atoms with E-state index in [0.29, 0.717) is 12.0 Å². The zero-order chi connectivity index (χ0) is 20.6. The summed E-state index contributed by atoms with van der Waals surface area (Å²) in [5.41, 5.74) is 5.43. The number of hydrogen-bond donors (Lipinski definition) is 4. The lowest BCUT2D eigenvalue weighted by molar-refractivity contribution is 0.119. The average molecular weight is 416 g/mol. The lowest BCUT2D eigenvalue weighted by Gasteiger charge is -2.42. The predicted molar refractivity (Wildman–Crippen MR) is 125 cm³/mol. The van der Waals surface area contributed by atoms with Crippen LogP contribution in [0.5, 0.6) is 0 Å². The van der Waals surface area contributed by atoms with Gasteiger partial charge in [-0.05, 0) is 62.7 Å². The van der Waals surface area contributed by atoms with E-state index in [1.165, 1.54) is 44.3 Å². The molecule has 2 aliphatic heterocycles. The Hall–Kier alpha value is -2.90. The Balaban J connectivity index is 1.28. The van der Waals surface area contributed by atoms with Gasteiger partial charge >= 0.3 is 0 Å². The Morgan fingerprint density at radius 2 is 2.00 bits per heavy atom. The third-order valence-corrected chi connectivity index (χ3v) is 6.97. The molecule has 31 heavy (non-hydrogen) atoms. The number of aromatic nitrogens is 4. The van der Waals surface area contributed by atoms with Crippen molar-refractivity contribution < 1.29 is 0 Å². The van der Waals surface area contributed by atoms with E-state index in [-0.39, 0.29) is 0 Å². The molecule has 0 bridgehead atoms. The summed E-state index contributed by atoms with van der Waals surface area (Å²) in [6, 6.07) is 13.5. The second-order valence-corrected chi connectivity index (χ2v) is 8.89. The molecule has 160 valence electrons. The maximum Gasteiger partial charge on any atom is 0.205 e. The maximum absolute atomic E-state index is 4.77. The van der Waals surface area contributed by atoms with Crippen molar-refractivity contribution in [2.45, 2.75) is 37.6 Å². The number of nitrogens with zero attached hydrogens (tertiary/aromatic N) is 3. The Labute approximate surface area is 181 Å². The fraction of sp³-hybridized carbons (Fsp3) is 0.417. The number of aromatic amines is 2. The van der Waals surface area contributed by atoms with E-state index >= 15 is 0 Å². The van der Waals surface area contributed by atoms with Crippen molar-refractivity contribution in [3.63, 3.8) is 0 Å². The number of anilines is 2. The van der Waals surface area contributed by atoms with Crippen molar-refractivity contribution in [1.82, 2.24) is 30.4 Å². The third kappa shape index (κ3) is 3.58. The summed E-state index contributed by atoms with van der Waals surface area (Å²) in [5, 5.41) is 15.3. The van der Waals surface area contributed by atoms with Crippen LogP contribution in [0.25, 0.3) is 21.9 Å². The van der Waals surface area contributed by atoms with Gasteiger partial charge in [0.15, 0.2) is 0 Å². The van der Waals surface area contributed by atoms with Crippen LogP contribution in [0.2, 0.25) is 0 Å². The highest BCUT2D eigenvalue weighted by Crippen LogP contribution is 2.32. The van der Waals surface area contributed by atoms with Crippen molar-refractivity contribution in [2.75, 3.05) is 31.5 Å². The topological polar surface area (TPSA) is 84.7 Å². The van der Waals surface area contributed by atoms with Gasteiger partial charge in [0.2, 0.25) is 5.95 Å². The van der Waals surface area contributed by atoms with E-state index in [1.807, 2.05) is 24.4 Å². The number of benzene rings is 2. The van der Waals surface area contributed by atoms with Gasteiger partial charge in [-0.2, -0.15) is 5.10 Å². The number of piperidine rings is 2. The van der Waals surface area contributed by atoms with Crippen LogP contribution in [-0.2, 0) is 0 Å². The fourth-order valence-electron chi connectivity index (χ4n) is 5.39. The van der Waals surface area contributed by atoms with Gasteiger partial charge in [0.25, 0.3) is 0 Å². The molecule has 2 saturated heterocycles. The highest BCUT2D eigenvalue weighted by atomic mass is 15.2. The minimum Gasteiger partial charge on any atom is -0.324 e. The molecule has 4 N–H and O–H groups in total. The molecule has 0 spiro atoms. The second-order valence-electron chi connectivity index (χ2n) is 8.89. The van der Waals surface area contributed by atoms with E-state index in [4.69, 9.17) is 4.98 Å². The maximum atomic E-state index is 4.77.